The Hall–Kier alpha value is -6.05. The predicted octanol–water partition coefficient (Wildman–Crippen LogP) is 12.2. The monoisotopic (exact) mass is 672 g/mol. The quantitative estimate of drug-likeness (QED) is 0.171. The van der Waals surface area contributed by atoms with Crippen molar-refractivity contribution in [1.29, 1.82) is 5.26 Å². The highest BCUT2D eigenvalue weighted by atomic mass is 32.2. The van der Waals surface area contributed by atoms with Gasteiger partial charge in [-0.25, -0.2) is 4.85 Å². The first kappa shape index (κ1) is 27.9. The normalized spacial score (nSPS) is 16.2. The van der Waals surface area contributed by atoms with Crippen LogP contribution in [0.15, 0.2) is 132 Å². The number of nitriles is 1. The first-order valence-electron chi connectivity index (χ1n) is 16.6. The van der Waals surface area contributed by atoms with Gasteiger partial charge in [0.2, 0.25) is 5.69 Å². The summed E-state index contributed by atoms with van der Waals surface area (Å²) in [6, 6.07) is 45.0. The molecule has 11 rings (SSSR count). The Kier molecular flexibility index (Phi) is 5.70. The molecule has 0 saturated heterocycles. The standard InChI is InChI=1S/C44H24N4S2/c1-46-30-23-35(47-31-14-6-2-10-26(31)41-33(47)18-20-39-43(41)28-12-4-8-16-37(28)49-39)25(24-45)22-36(30)48-32-15-7-3-11-27(32)42-34(48)19-21-40-44(42)29-13-5-9-17-38(29)50-40/h2-23,40,44H. The van der Waals surface area contributed by atoms with Crippen molar-refractivity contribution in [3.05, 3.63) is 161 Å². The van der Waals surface area contributed by atoms with Crippen molar-refractivity contribution in [3.8, 4) is 17.4 Å². The van der Waals surface area contributed by atoms with Crippen LogP contribution in [0.25, 0.3) is 75.2 Å². The van der Waals surface area contributed by atoms with E-state index in [1.54, 1.807) is 0 Å². The Morgan fingerprint density at radius 3 is 2.26 bits per heavy atom. The third kappa shape index (κ3) is 3.59. The van der Waals surface area contributed by atoms with Crippen LogP contribution in [0.4, 0.5) is 5.69 Å². The second-order valence-corrected chi connectivity index (χ2v) is 15.3. The number of thioether (sulfide) groups is 1. The maximum atomic E-state index is 10.8. The van der Waals surface area contributed by atoms with Gasteiger partial charge in [-0.15, -0.1) is 23.1 Å². The topological polar surface area (TPSA) is 38.0 Å². The van der Waals surface area contributed by atoms with Crippen molar-refractivity contribution in [3.63, 3.8) is 0 Å². The fraction of sp³-hybridized carbons (Fsp3) is 0.0455. The van der Waals surface area contributed by atoms with E-state index in [4.69, 9.17) is 6.57 Å². The average Bonchev–Trinajstić information content (AvgIpc) is 3.91. The molecule has 6 aromatic carbocycles. The van der Waals surface area contributed by atoms with Gasteiger partial charge in [-0.05, 0) is 65.7 Å². The van der Waals surface area contributed by atoms with Gasteiger partial charge in [0.1, 0.15) is 6.07 Å². The highest BCUT2D eigenvalue weighted by Gasteiger charge is 2.39. The number of para-hydroxylation sites is 2. The van der Waals surface area contributed by atoms with E-state index in [2.05, 4.69) is 135 Å². The summed E-state index contributed by atoms with van der Waals surface area (Å²) in [6.45, 7) is 8.50. The zero-order valence-electron chi connectivity index (χ0n) is 26.5. The molecular formula is C44H24N4S2. The molecule has 50 heavy (non-hydrogen) atoms. The SMILES string of the molecule is [C-]#[N+]c1cc(-n2c3ccccc3c3c4c(ccc32)sc2ccccc24)c(C#N)cc1-n1c2c(c3ccccc31)C1c3ccccc3SC1C=C2. The summed E-state index contributed by atoms with van der Waals surface area (Å²) in [5, 5.41) is 17.1. The number of aromatic nitrogens is 2. The van der Waals surface area contributed by atoms with Crippen LogP contribution >= 0.6 is 23.1 Å². The maximum absolute atomic E-state index is 10.8. The first-order chi connectivity index (χ1) is 24.7. The lowest BCUT2D eigenvalue weighted by molar-refractivity contribution is 0.843. The van der Waals surface area contributed by atoms with E-state index in [1.807, 2.05) is 41.3 Å². The Morgan fingerprint density at radius 2 is 1.42 bits per heavy atom. The number of hydrogen-bond donors (Lipinski definition) is 0. The van der Waals surface area contributed by atoms with Gasteiger partial charge in [-0.3, -0.25) is 0 Å². The third-order valence-electron chi connectivity index (χ3n) is 10.5. The number of fused-ring (bicyclic) bond motifs is 14. The summed E-state index contributed by atoms with van der Waals surface area (Å²) < 4.78 is 6.90. The molecule has 232 valence electrons. The molecule has 2 aliphatic rings. The van der Waals surface area contributed by atoms with Gasteiger partial charge in [-0.1, -0.05) is 78.9 Å². The number of thiophene rings is 1. The van der Waals surface area contributed by atoms with E-state index in [1.165, 1.54) is 47.0 Å². The van der Waals surface area contributed by atoms with E-state index >= 15 is 0 Å². The minimum atomic E-state index is 0.219. The van der Waals surface area contributed by atoms with Gasteiger partial charge < -0.3 is 9.13 Å². The molecule has 2 unspecified atom stereocenters. The summed E-state index contributed by atoms with van der Waals surface area (Å²) in [7, 11) is 0. The molecule has 1 aliphatic heterocycles. The fourth-order valence-corrected chi connectivity index (χ4v) is 11.0. The lowest BCUT2D eigenvalue weighted by Gasteiger charge is -2.23. The molecule has 4 heterocycles. The van der Waals surface area contributed by atoms with E-state index < -0.39 is 0 Å². The highest BCUT2D eigenvalue weighted by Crippen LogP contribution is 2.55. The minimum absolute atomic E-state index is 0.219. The van der Waals surface area contributed by atoms with Crippen molar-refractivity contribution in [1.82, 2.24) is 9.13 Å². The van der Waals surface area contributed by atoms with Gasteiger partial charge in [0, 0.05) is 58.1 Å². The second kappa shape index (κ2) is 10.2. The summed E-state index contributed by atoms with van der Waals surface area (Å²) >= 11 is 3.73. The molecule has 4 nitrogen and oxygen atoms in total. The summed E-state index contributed by atoms with van der Waals surface area (Å²) in [6.07, 6.45) is 4.55. The van der Waals surface area contributed by atoms with Crippen LogP contribution in [-0.2, 0) is 0 Å². The largest absolute Gasteiger partial charge is 0.319 e. The summed E-state index contributed by atoms with van der Waals surface area (Å²) in [5.74, 6) is 0.219. The highest BCUT2D eigenvalue weighted by molar-refractivity contribution is 8.00. The van der Waals surface area contributed by atoms with Gasteiger partial charge in [0.15, 0.2) is 0 Å². The molecule has 9 aromatic rings. The summed E-state index contributed by atoms with van der Waals surface area (Å²) in [4.78, 5) is 5.48. The van der Waals surface area contributed by atoms with Crippen LogP contribution in [0.5, 0.6) is 0 Å². The summed E-state index contributed by atoms with van der Waals surface area (Å²) in [5.41, 5.74) is 9.28. The molecule has 0 bridgehead atoms. The van der Waals surface area contributed by atoms with Gasteiger partial charge in [-0.2, -0.15) is 5.26 Å². The Labute approximate surface area is 295 Å². The molecule has 0 saturated carbocycles. The lowest BCUT2D eigenvalue weighted by Crippen LogP contribution is -2.14. The molecule has 6 heteroatoms. The molecular weight excluding hydrogens is 649 g/mol. The lowest BCUT2D eigenvalue weighted by atomic mass is 9.83. The molecule has 0 amide bonds. The van der Waals surface area contributed by atoms with Crippen molar-refractivity contribution >= 4 is 87.7 Å². The van der Waals surface area contributed by atoms with E-state index in [0.29, 0.717) is 16.5 Å². The Bertz CT molecular complexity index is 3070. The van der Waals surface area contributed by atoms with E-state index in [9.17, 15) is 5.26 Å². The van der Waals surface area contributed by atoms with Crippen LogP contribution in [-0.4, -0.2) is 14.4 Å². The zero-order valence-corrected chi connectivity index (χ0v) is 28.1. The molecule has 3 aromatic heterocycles. The third-order valence-corrected chi connectivity index (χ3v) is 13.0. The van der Waals surface area contributed by atoms with Crippen molar-refractivity contribution in [2.24, 2.45) is 0 Å². The Balaban J connectivity index is 1.20. The minimum Gasteiger partial charge on any atom is -0.319 e. The fourth-order valence-electron chi connectivity index (χ4n) is 8.57. The first-order valence-corrected chi connectivity index (χ1v) is 18.3. The molecule has 0 spiro atoms. The molecule has 0 N–H and O–H groups in total. The van der Waals surface area contributed by atoms with Crippen LogP contribution in [0.2, 0.25) is 0 Å². The number of benzene rings is 6. The molecule has 0 fully saturated rings. The van der Waals surface area contributed by atoms with Crippen molar-refractivity contribution < 1.29 is 0 Å². The predicted molar refractivity (Wildman–Crippen MR) is 208 cm³/mol. The van der Waals surface area contributed by atoms with Crippen LogP contribution in [0.3, 0.4) is 0 Å². The van der Waals surface area contributed by atoms with Crippen LogP contribution in [0, 0.1) is 17.9 Å². The van der Waals surface area contributed by atoms with E-state index in [0.717, 1.165) is 39.0 Å². The van der Waals surface area contributed by atoms with Crippen molar-refractivity contribution in [2.45, 2.75) is 16.1 Å². The van der Waals surface area contributed by atoms with Crippen LogP contribution < -0.4 is 0 Å². The molecule has 1 aliphatic carbocycles. The van der Waals surface area contributed by atoms with Gasteiger partial charge >= 0.3 is 0 Å². The Morgan fingerprint density at radius 1 is 0.680 bits per heavy atom. The van der Waals surface area contributed by atoms with E-state index in [-0.39, 0.29) is 5.92 Å². The van der Waals surface area contributed by atoms with Gasteiger partial charge in [0.05, 0.1) is 40.1 Å². The smallest absolute Gasteiger partial charge is 0.212 e. The van der Waals surface area contributed by atoms with Gasteiger partial charge in [0.25, 0.3) is 0 Å². The van der Waals surface area contributed by atoms with Crippen LogP contribution in [0.1, 0.15) is 28.3 Å². The zero-order chi connectivity index (χ0) is 33.1. The average molecular weight is 673 g/mol. The maximum Gasteiger partial charge on any atom is 0.212 e. The molecule has 2 atom stereocenters. The number of nitrogens with zero attached hydrogens (tertiary/aromatic N) is 4. The number of rotatable bonds is 2. The number of hydrogen-bond acceptors (Lipinski definition) is 3. The molecule has 0 radical (unpaired) electrons. The second-order valence-electron chi connectivity index (χ2n) is 13.0. The van der Waals surface area contributed by atoms with Crippen molar-refractivity contribution in [2.75, 3.05) is 0 Å².